The minimum absolute atomic E-state index is 0.0792. The predicted octanol–water partition coefficient (Wildman–Crippen LogP) is 4.28. The average molecular weight is 321 g/mol. The number of hydrogen-bond donors (Lipinski definition) is 1. The molecule has 0 aromatic heterocycles. The van der Waals surface area contributed by atoms with E-state index >= 15 is 0 Å². The van der Waals surface area contributed by atoms with Crippen LogP contribution in [0.25, 0.3) is 0 Å². The first-order valence-corrected chi connectivity index (χ1v) is 6.59. The Morgan fingerprint density at radius 1 is 1.26 bits per heavy atom. The summed E-state index contributed by atoms with van der Waals surface area (Å²) in [6.07, 6.45) is 0. The number of nitrogens with one attached hydrogen (secondary N) is 1. The van der Waals surface area contributed by atoms with Gasteiger partial charge in [0.15, 0.2) is 0 Å². The van der Waals surface area contributed by atoms with Crippen LogP contribution in [0.1, 0.15) is 11.1 Å². The number of halogens is 1. The molecule has 19 heavy (non-hydrogen) atoms. The minimum Gasteiger partial charge on any atom is -0.380 e. The van der Waals surface area contributed by atoms with Crippen LogP contribution in [0.5, 0.6) is 0 Å². The quantitative estimate of drug-likeness (QED) is 0.675. The summed E-state index contributed by atoms with van der Waals surface area (Å²) in [5.41, 5.74) is 3.16. The molecule has 4 nitrogen and oxygen atoms in total. The molecule has 0 aliphatic carbocycles. The zero-order valence-electron chi connectivity index (χ0n) is 10.4. The molecule has 0 aliphatic rings. The van der Waals surface area contributed by atoms with Crippen molar-refractivity contribution in [1.82, 2.24) is 0 Å². The highest BCUT2D eigenvalue weighted by molar-refractivity contribution is 9.10. The van der Waals surface area contributed by atoms with Crippen molar-refractivity contribution in [3.05, 3.63) is 68.2 Å². The number of aryl methyl sites for hydroxylation is 1. The van der Waals surface area contributed by atoms with Gasteiger partial charge in [-0.25, -0.2) is 0 Å². The van der Waals surface area contributed by atoms with E-state index in [0.29, 0.717) is 6.54 Å². The summed E-state index contributed by atoms with van der Waals surface area (Å²) in [5, 5.41) is 14.0. The van der Waals surface area contributed by atoms with Crippen molar-refractivity contribution in [2.24, 2.45) is 0 Å². The fourth-order valence-corrected chi connectivity index (χ4v) is 2.15. The van der Waals surface area contributed by atoms with Crippen LogP contribution in [-0.2, 0) is 6.54 Å². The van der Waals surface area contributed by atoms with Gasteiger partial charge in [-0.3, -0.25) is 10.1 Å². The van der Waals surface area contributed by atoms with E-state index in [2.05, 4.69) is 21.2 Å². The first-order valence-electron chi connectivity index (χ1n) is 5.80. The second-order valence-corrected chi connectivity index (χ2v) is 5.06. The van der Waals surface area contributed by atoms with Gasteiger partial charge in [-0.15, -0.1) is 0 Å². The summed E-state index contributed by atoms with van der Waals surface area (Å²) in [7, 11) is 0. The number of benzene rings is 2. The fraction of sp³-hybridized carbons (Fsp3) is 0.143. The molecule has 2 aromatic carbocycles. The van der Waals surface area contributed by atoms with Crippen molar-refractivity contribution in [2.45, 2.75) is 13.5 Å². The van der Waals surface area contributed by atoms with Crippen molar-refractivity contribution in [2.75, 3.05) is 5.32 Å². The molecule has 0 fully saturated rings. The maximum Gasteiger partial charge on any atom is 0.271 e. The second kappa shape index (κ2) is 5.84. The Kier molecular flexibility index (Phi) is 4.16. The molecule has 0 amide bonds. The van der Waals surface area contributed by atoms with Gasteiger partial charge in [-0.2, -0.15) is 0 Å². The minimum atomic E-state index is -0.397. The normalized spacial score (nSPS) is 10.2. The summed E-state index contributed by atoms with van der Waals surface area (Å²) in [6.45, 7) is 2.67. The molecular weight excluding hydrogens is 308 g/mol. The third-order valence-corrected chi connectivity index (χ3v) is 3.58. The van der Waals surface area contributed by atoms with Gasteiger partial charge in [-0.1, -0.05) is 24.3 Å². The number of nitrogens with zero attached hydrogens (tertiary/aromatic N) is 1. The second-order valence-electron chi connectivity index (χ2n) is 4.20. The Morgan fingerprint density at radius 3 is 2.68 bits per heavy atom. The lowest BCUT2D eigenvalue weighted by atomic mass is 10.1. The zero-order chi connectivity index (χ0) is 13.8. The SMILES string of the molecule is Cc1ccccc1CNc1cc([N+](=O)[O-])ccc1Br. The lowest BCUT2D eigenvalue weighted by molar-refractivity contribution is -0.384. The molecule has 0 saturated carbocycles. The first kappa shape index (κ1) is 13.5. The first-order chi connectivity index (χ1) is 9.08. The molecule has 0 radical (unpaired) electrons. The van der Waals surface area contributed by atoms with E-state index in [1.165, 1.54) is 23.3 Å². The molecular formula is C14H13BrN2O2. The molecule has 0 unspecified atom stereocenters. The Balaban J connectivity index is 2.17. The number of non-ortho nitro benzene ring substituents is 1. The fourth-order valence-electron chi connectivity index (χ4n) is 1.76. The number of nitro benzene ring substituents is 1. The van der Waals surface area contributed by atoms with Gasteiger partial charge >= 0.3 is 0 Å². The molecule has 2 aromatic rings. The number of anilines is 1. The van der Waals surface area contributed by atoms with Gasteiger partial charge in [0.2, 0.25) is 0 Å². The van der Waals surface area contributed by atoms with Gasteiger partial charge in [-0.05, 0) is 40.0 Å². The molecule has 0 heterocycles. The smallest absolute Gasteiger partial charge is 0.271 e. The van der Waals surface area contributed by atoms with Gasteiger partial charge < -0.3 is 5.32 Å². The molecule has 98 valence electrons. The molecule has 2 rings (SSSR count). The third-order valence-electron chi connectivity index (χ3n) is 2.89. The number of rotatable bonds is 4. The molecule has 0 saturated heterocycles. The topological polar surface area (TPSA) is 55.2 Å². The molecule has 0 spiro atoms. The van der Waals surface area contributed by atoms with Crippen molar-refractivity contribution >= 4 is 27.3 Å². The van der Waals surface area contributed by atoms with Crippen LogP contribution in [0.2, 0.25) is 0 Å². The van der Waals surface area contributed by atoms with E-state index in [-0.39, 0.29) is 5.69 Å². The number of hydrogen-bond acceptors (Lipinski definition) is 3. The Labute approximate surface area is 119 Å². The van der Waals surface area contributed by atoms with E-state index in [4.69, 9.17) is 0 Å². The molecule has 5 heteroatoms. The Bertz CT molecular complexity index is 614. The van der Waals surface area contributed by atoms with Crippen molar-refractivity contribution < 1.29 is 4.92 Å². The average Bonchev–Trinajstić information content (AvgIpc) is 2.39. The van der Waals surface area contributed by atoms with Crippen LogP contribution in [0, 0.1) is 17.0 Å². The Morgan fingerprint density at radius 2 is 2.00 bits per heavy atom. The van der Waals surface area contributed by atoms with Crippen LogP contribution >= 0.6 is 15.9 Å². The third kappa shape index (κ3) is 3.32. The van der Waals surface area contributed by atoms with Gasteiger partial charge in [0, 0.05) is 23.2 Å². The summed E-state index contributed by atoms with van der Waals surface area (Å²) in [6, 6.07) is 12.7. The number of nitro groups is 1. The summed E-state index contributed by atoms with van der Waals surface area (Å²) < 4.78 is 0.812. The van der Waals surface area contributed by atoms with E-state index in [1.54, 1.807) is 6.07 Å². The van der Waals surface area contributed by atoms with Crippen molar-refractivity contribution in [1.29, 1.82) is 0 Å². The molecule has 0 aliphatic heterocycles. The molecule has 0 atom stereocenters. The van der Waals surface area contributed by atoms with E-state index in [1.807, 2.05) is 31.2 Å². The Hall–Kier alpha value is -1.88. The monoisotopic (exact) mass is 320 g/mol. The van der Waals surface area contributed by atoms with E-state index < -0.39 is 4.92 Å². The van der Waals surface area contributed by atoms with Crippen molar-refractivity contribution in [3.63, 3.8) is 0 Å². The lowest BCUT2D eigenvalue weighted by Gasteiger charge is -2.10. The van der Waals surface area contributed by atoms with E-state index in [9.17, 15) is 10.1 Å². The largest absolute Gasteiger partial charge is 0.380 e. The molecule has 1 N–H and O–H groups in total. The highest BCUT2D eigenvalue weighted by atomic mass is 79.9. The molecule has 0 bridgehead atoms. The van der Waals surface area contributed by atoms with Crippen LogP contribution in [0.3, 0.4) is 0 Å². The zero-order valence-corrected chi connectivity index (χ0v) is 12.0. The van der Waals surface area contributed by atoms with Crippen LogP contribution < -0.4 is 5.32 Å². The van der Waals surface area contributed by atoms with E-state index in [0.717, 1.165) is 10.2 Å². The van der Waals surface area contributed by atoms with Crippen LogP contribution in [0.15, 0.2) is 46.9 Å². The maximum atomic E-state index is 10.8. The van der Waals surface area contributed by atoms with Gasteiger partial charge in [0.05, 0.1) is 10.6 Å². The summed E-state index contributed by atoms with van der Waals surface area (Å²) in [5.74, 6) is 0. The van der Waals surface area contributed by atoms with Gasteiger partial charge in [0.25, 0.3) is 5.69 Å². The predicted molar refractivity (Wildman–Crippen MR) is 79.3 cm³/mol. The summed E-state index contributed by atoms with van der Waals surface area (Å²) in [4.78, 5) is 10.4. The highest BCUT2D eigenvalue weighted by Crippen LogP contribution is 2.27. The van der Waals surface area contributed by atoms with Crippen molar-refractivity contribution in [3.8, 4) is 0 Å². The highest BCUT2D eigenvalue weighted by Gasteiger charge is 2.09. The van der Waals surface area contributed by atoms with Gasteiger partial charge in [0.1, 0.15) is 0 Å². The standard InChI is InChI=1S/C14H13BrN2O2/c1-10-4-2-3-5-11(10)9-16-14-8-12(17(18)19)6-7-13(14)15/h2-8,16H,9H2,1H3. The van der Waals surface area contributed by atoms with Crippen LogP contribution in [0.4, 0.5) is 11.4 Å². The summed E-state index contributed by atoms with van der Waals surface area (Å²) >= 11 is 3.39. The van der Waals surface area contributed by atoms with Crippen LogP contribution in [-0.4, -0.2) is 4.92 Å². The lowest BCUT2D eigenvalue weighted by Crippen LogP contribution is -2.02. The maximum absolute atomic E-state index is 10.8.